The molecule has 26 heavy (non-hydrogen) atoms. The molecule has 3 nitrogen and oxygen atoms in total. The molecule has 0 fully saturated rings. The van der Waals surface area contributed by atoms with Crippen LogP contribution in [0.4, 0.5) is 0 Å². The predicted octanol–water partition coefficient (Wildman–Crippen LogP) is 5.12. The molecule has 2 atom stereocenters. The van der Waals surface area contributed by atoms with Crippen molar-refractivity contribution in [1.82, 2.24) is 0 Å². The molecule has 0 aromatic carbocycles. The van der Waals surface area contributed by atoms with Crippen LogP contribution in [0.15, 0.2) is 72.9 Å². The second-order valence-electron chi connectivity index (χ2n) is 6.42. The summed E-state index contributed by atoms with van der Waals surface area (Å²) < 4.78 is 0. The van der Waals surface area contributed by atoms with Gasteiger partial charge in [0.15, 0.2) is 5.78 Å². The van der Waals surface area contributed by atoms with E-state index in [1.54, 1.807) is 18.2 Å². The van der Waals surface area contributed by atoms with Gasteiger partial charge in [0, 0.05) is 18.8 Å². The van der Waals surface area contributed by atoms with Gasteiger partial charge in [-0.25, -0.2) is 0 Å². The normalized spacial score (nSPS) is 13.7. The standard InChI is InChI=1S/C23H30O3/c1-7-8-9-17(2)10-11-23(26)19(4)16-22(13-15-25)21(6)20(5)18(3)12-14-24/h7,9-11,14-15,19,22H,1,3,5-6,8,12-13,16H2,2,4H3/b11-10+,17-9+/t19-,22+/m1/s1. The maximum absolute atomic E-state index is 12.4. The van der Waals surface area contributed by atoms with Crippen LogP contribution in [0.25, 0.3) is 0 Å². The molecular formula is C23H30O3. The number of hydrogen-bond acceptors (Lipinski definition) is 3. The lowest BCUT2D eigenvalue weighted by Crippen LogP contribution is -2.16. The Kier molecular flexibility index (Phi) is 11.5. The minimum atomic E-state index is -0.257. The number of aldehydes is 2. The van der Waals surface area contributed by atoms with Gasteiger partial charge in [-0.2, -0.15) is 0 Å². The molecule has 0 aromatic rings. The van der Waals surface area contributed by atoms with E-state index in [9.17, 15) is 14.4 Å². The Bertz CT molecular complexity index is 632. The summed E-state index contributed by atoms with van der Waals surface area (Å²) in [6, 6.07) is 0. The van der Waals surface area contributed by atoms with Crippen molar-refractivity contribution in [3.05, 3.63) is 72.9 Å². The van der Waals surface area contributed by atoms with Gasteiger partial charge in [0.1, 0.15) is 12.6 Å². The van der Waals surface area contributed by atoms with Crippen LogP contribution in [0.5, 0.6) is 0 Å². The van der Waals surface area contributed by atoms with Crippen molar-refractivity contribution in [3.8, 4) is 0 Å². The van der Waals surface area contributed by atoms with Gasteiger partial charge in [0.2, 0.25) is 0 Å². The monoisotopic (exact) mass is 354 g/mol. The third-order valence-electron chi connectivity index (χ3n) is 4.26. The van der Waals surface area contributed by atoms with Crippen LogP contribution in [0.2, 0.25) is 0 Å². The van der Waals surface area contributed by atoms with E-state index in [4.69, 9.17) is 0 Å². The SMILES string of the molecule is C=CC/C=C(C)/C=C/C(=O)[C@H](C)C[C@H](CC=O)C(=C)C(=C)C(=C)CC=O. The van der Waals surface area contributed by atoms with E-state index in [1.165, 1.54) is 0 Å². The van der Waals surface area contributed by atoms with Gasteiger partial charge >= 0.3 is 0 Å². The molecule has 0 saturated heterocycles. The first-order valence-corrected chi connectivity index (χ1v) is 8.71. The fraction of sp³-hybridized carbons (Fsp3) is 0.348. The zero-order chi connectivity index (χ0) is 20.1. The molecule has 0 amide bonds. The summed E-state index contributed by atoms with van der Waals surface area (Å²) in [5.74, 6) is -0.460. The Morgan fingerprint density at radius 3 is 2.27 bits per heavy atom. The van der Waals surface area contributed by atoms with Crippen LogP contribution in [-0.2, 0) is 14.4 Å². The summed E-state index contributed by atoms with van der Waals surface area (Å²) in [7, 11) is 0. The molecule has 0 radical (unpaired) electrons. The number of hydrogen-bond donors (Lipinski definition) is 0. The van der Waals surface area contributed by atoms with Gasteiger partial charge < -0.3 is 9.59 Å². The zero-order valence-corrected chi connectivity index (χ0v) is 16.0. The fourth-order valence-corrected chi connectivity index (χ4v) is 2.45. The maximum atomic E-state index is 12.4. The van der Waals surface area contributed by atoms with E-state index in [2.05, 4.69) is 26.3 Å². The topological polar surface area (TPSA) is 51.2 Å². The summed E-state index contributed by atoms with van der Waals surface area (Å²) >= 11 is 0. The quantitative estimate of drug-likeness (QED) is 0.188. The van der Waals surface area contributed by atoms with Crippen LogP contribution in [0.1, 0.15) is 39.5 Å². The van der Waals surface area contributed by atoms with Crippen molar-refractivity contribution in [2.45, 2.75) is 39.5 Å². The highest BCUT2D eigenvalue weighted by Gasteiger charge is 2.21. The molecular weight excluding hydrogens is 324 g/mol. The Balaban J connectivity index is 5.03. The molecule has 0 aliphatic rings. The molecule has 0 bridgehead atoms. The highest BCUT2D eigenvalue weighted by atomic mass is 16.1. The number of allylic oxidation sites excluding steroid dienone is 8. The highest BCUT2D eigenvalue weighted by Crippen LogP contribution is 2.30. The molecule has 0 rings (SSSR count). The van der Waals surface area contributed by atoms with Gasteiger partial charge in [-0.3, -0.25) is 4.79 Å². The molecule has 0 heterocycles. The average Bonchev–Trinajstić information content (AvgIpc) is 2.62. The lowest BCUT2D eigenvalue weighted by atomic mass is 9.81. The van der Waals surface area contributed by atoms with Gasteiger partial charge in [-0.15, -0.1) is 6.58 Å². The first kappa shape index (κ1) is 23.4. The summed E-state index contributed by atoms with van der Waals surface area (Å²) in [5, 5.41) is 0. The molecule has 0 aromatic heterocycles. The smallest absolute Gasteiger partial charge is 0.158 e. The van der Waals surface area contributed by atoms with Crippen molar-refractivity contribution in [1.29, 1.82) is 0 Å². The third kappa shape index (κ3) is 8.52. The van der Waals surface area contributed by atoms with E-state index < -0.39 is 0 Å². The number of rotatable bonds is 14. The van der Waals surface area contributed by atoms with Crippen LogP contribution < -0.4 is 0 Å². The summed E-state index contributed by atoms with van der Waals surface area (Å²) in [4.78, 5) is 34.0. The van der Waals surface area contributed by atoms with Crippen LogP contribution >= 0.6 is 0 Å². The molecule has 0 aliphatic heterocycles. The largest absolute Gasteiger partial charge is 0.303 e. The first-order valence-electron chi connectivity index (χ1n) is 8.71. The molecule has 0 N–H and O–H groups in total. The zero-order valence-electron chi connectivity index (χ0n) is 16.0. The molecule has 0 unspecified atom stereocenters. The molecule has 3 heteroatoms. The highest BCUT2D eigenvalue weighted by molar-refractivity contribution is 5.91. The maximum Gasteiger partial charge on any atom is 0.158 e. The lowest BCUT2D eigenvalue weighted by Gasteiger charge is -2.22. The number of carbonyl (C=O) groups excluding carboxylic acids is 3. The van der Waals surface area contributed by atoms with Crippen LogP contribution in [0.3, 0.4) is 0 Å². The number of carbonyl (C=O) groups is 3. The second-order valence-corrected chi connectivity index (χ2v) is 6.42. The first-order chi connectivity index (χ1) is 12.3. The minimum absolute atomic E-state index is 0.00242. The average molecular weight is 354 g/mol. The van der Waals surface area contributed by atoms with E-state index in [0.717, 1.165) is 24.6 Å². The van der Waals surface area contributed by atoms with Gasteiger partial charge in [-0.05, 0) is 48.5 Å². The summed E-state index contributed by atoms with van der Waals surface area (Å²) in [6.45, 7) is 19.2. The van der Waals surface area contributed by atoms with Crippen molar-refractivity contribution in [2.24, 2.45) is 11.8 Å². The Morgan fingerprint density at radius 2 is 1.73 bits per heavy atom. The van der Waals surface area contributed by atoms with Gasteiger partial charge in [0.25, 0.3) is 0 Å². The minimum Gasteiger partial charge on any atom is -0.303 e. The fourth-order valence-electron chi connectivity index (χ4n) is 2.45. The predicted molar refractivity (Wildman–Crippen MR) is 109 cm³/mol. The van der Waals surface area contributed by atoms with Gasteiger partial charge in [-0.1, -0.05) is 50.5 Å². The Hall–Kier alpha value is -2.55. The van der Waals surface area contributed by atoms with Crippen molar-refractivity contribution in [3.63, 3.8) is 0 Å². The van der Waals surface area contributed by atoms with E-state index in [-0.39, 0.29) is 30.5 Å². The van der Waals surface area contributed by atoms with E-state index in [1.807, 2.05) is 19.9 Å². The summed E-state index contributed by atoms with van der Waals surface area (Å²) in [6.07, 6.45) is 10.4. The number of ketones is 1. The van der Waals surface area contributed by atoms with E-state index in [0.29, 0.717) is 23.1 Å². The van der Waals surface area contributed by atoms with Crippen molar-refractivity contribution >= 4 is 18.4 Å². The molecule has 140 valence electrons. The van der Waals surface area contributed by atoms with Gasteiger partial charge in [0.05, 0.1) is 0 Å². The summed E-state index contributed by atoms with van der Waals surface area (Å²) in [5.41, 5.74) is 2.83. The van der Waals surface area contributed by atoms with Crippen molar-refractivity contribution < 1.29 is 14.4 Å². The third-order valence-corrected chi connectivity index (χ3v) is 4.26. The Labute approximate surface area is 157 Å². The van der Waals surface area contributed by atoms with Crippen LogP contribution in [0, 0.1) is 11.8 Å². The van der Waals surface area contributed by atoms with Crippen molar-refractivity contribution in [2.75, 3.05) is 0 Å². The lowest BCUT2D eigenvalue weighted by molar-refractivity contribution is -0.118. The second kappa shape index (κ2) is 12.8. The molecule has 0 aliphatic carbocycles. The van der Waals surface area contributed by atoms with Crippen LogP contribution in [-0.4, -0.2) is 18.4 Å². The molecule has 0 spiro atoms. The Morgan fingerprint density at radius 1 is 1.08 bits per heavy atom. The molecule has 0 saturated carbocycles. The van der Waals surface area contributed by atoms with E-state index >= 15 is 0 Å².